The monoisotopic (exact) mass is 390 g/mol. The topological polar surface area (TPSA) is 33.3 Å². The van der Waals surface area contributed by atoms with Crippen molar-refractivity contribution in [1.82, 2.24) is 10.6 Å². The van der Waals surface area contributed by atoms with E-state index in [1.807, 2.05) is 43.4 Å². The molecular formula is C18H25Cl3N2O. The number of rotatable bonds is 9. The summed E-state index contributed by atoms with van der Waals surface area (Å²) in [6.45, 7) is 3.30. The molecule has 0 aliphatic carbocycles. The van der Waals surface area contributed by atoms with E-state index < -0.39 is 0 Å². The summed E-state index contributed by atoms with van der Waals surface area (Å²) in [6, 6.07) is 15.9. The third kappa shape index (κ3) is 8.22. The normalized spacial score (nSPS) is 9.75. The summed E-state index contributed by atoms with van der Waals surface area (Å²) in [5.41, 5.74) is 2.25. The van der Waals surface area contributed by atoms with Gasteiger partial charge < -0.3 is 15.4 Å². The summed E-state index contributed by atoms with van der Waals surface area (Å²) in [5, 5.41) is 7.30. The van der Waals surface area contributed by atoms with E-state index in [1.165, 1.54) is 0 Å². The number of halogens is 3. The van der Waals surface area contributed by atoms with Gasteiger partial charge in [-0.15, -0.1) is 24.8 Å². The first-order valence-corrected chi connectivity index (χ1v) is 7.98. The number of benzene rings is 2. The van der Waals surface area contributed by atoms with Crippen LogP contribution in [0.3, 0.4) is 0 Å². The molecule has 0 aromatic heterocycles. The molecule has 0 atom stereocenters. The fourth-order valence-corrected chi connectivity index (χ4v) is 2.37. The molecule has 0 bridgehead atoms. The average Bonchev–Trinajstić information content (AvgIpc) is 2.55. The van der Waals surface area contributed by atoms with Crippen LogP contribution in [-0.2, 0) is 13.2 Å². The lowest BCUT2D eigenvalue weighted by Crippen LogP contribution is -2.19. The van der Waals surface area contributed by atoms with Crippen LogP contribution < -0.4 is 15.4 Å². The number of hydrogen-bond acceptors (Lipinski definition) is 3. The number of nitrogens with one attached hydrogen (secondary N) is 2. The Bertz CT molecular complexity index is 567. The average molecular weight is 392 g/mol. The molecule has 0 spiro atoms. The fourth-order valence-electron chi connectivity index (χ4n) is 2.18. The van der Waals surface area contributed by atoms with Gasteiger partial charge in [-0.3, -0.25) is 0 Å². The fraction of sp³-hybridized carbons (Fsp3) is 0.333. The summed E-state index contributed by atoms with van der Waals surface area (Å²) < 4.78 is 5.95. The van der Waals surface area contributed by atoms with Crippen molar-refractivity contribution in [3.63, 3.8) is 0 Å². The van der Waals surface area contributed by atoms with Crippen LogP contribution in [0.15, 0.2) is 48.5 Å². The largest absolute Gasteiger partial charge is 0.489 e. The van der Waals surface area contributed by atoms with E-state index in [0.717, 1.165) is 48.0 Å². The van der Waals surface area contributed by atoms with Gasteiger partial charge in [0.05, 0.1) is 0 Å². The first kappa shape index (κ1) is 23.0. The highest BCUT2D eigenvalue weighted by atomic mass is 35.5. The second-order valence-electron chi connectivity index (χ2n) is 5.16. The van der Waals surface area contributed by atoms with Crippen LogP contribution in [0.2, 0.25) is 5.02 Å². The second kappa shape index (κ2) is 13.3. The van der Waals surface area contributed by atoms with Crippen LogP contribution in [0.1, 0.15) is 17.5 Å². The molecule has 0 heterocycles. The molecule has 2 aromatic carbocycles. The Labute approximate surface area is 162 Å². The van der Waals surface area contributed by atoms with Crippen molar-refractivity contribution < 1.29 is 4.74 Å². The molecular weight excluding hydrogens is 367 g/mol. The maximum atomic E-state index is 6.10. The van der Waals surface area contributed by atoms with Crippen LogP contribution >= 0.6 is 36.4 Å². The third-order valence-corrected chi connectivity index (χ3v) is 3.59. The summed E-state index contributed by atoms with van der Waals surface area (Å²) >= 11 is 6.10. The van der Waals surface area contributed by atoms with Gasteiger partial charge in [-0.25, -0.2) is 0 Å². The standard InChI is InChI=1S/C18H23ClN2O.2ClH/c1-20-10-5-11-21-13-16-12-17(19)8-9-18(16)22-14-15-6-3-2-4-7-15;;/h2-4,6-9,12,20-21H,5,10-11,13-14H2,1H3;2*1H. The summed E-state index contributed by atoms with van der Waals surface area (Å²) in [5.74, 6) is 0.884. The van der Waals surface area contributed by atoms with Crippen LogP contribution in [0, 0.1) is 0 Å². The molecule has 6 heteroatoms. The van der Waals surface area contributed by atoms with Crippen molar-refractivity contribution >= 4 is 36.4 Å². The Balaban J connectivity index is 0.00000264. The van der Waals surface area contributed by atoms with Crippen molar-refractivity contribution in [2.24, 2.45) is 0 Å². The molecule has 0 saturated carbocycles. The van der Waals surface area contributed by atoms with Gasteiger partial charge in [0, 0.05) is 17.1 Å². The first-order chi connectivity index (χ1) is 10.8. The number of ether oxygens (including phenoxy) is 1. The quantitative estimate of drug-likeness (QED) is 0.619. The van der Waals surface area contributed by atoms with Crippen LogP contribution in [0.4, 0.5) is 0 Å². The van der Waals surface area contributed by atoms with Crippen LogP contribution in [0.25, 0.3) is 0 Å². The van der Waals surface area contributed by atoms with Crippen molar-refractivity contribution in [2.45, 2.75) is 19.6 Å². The van der Waals surface area contributed by atoms with E-state index in [4.69, 9.17) is 16.3 Å². The van der Waals surface area contributed by atoms with Gasteiger partial charge in [-0.05, 0) is 50.3 Å². The molecule has 134 valence electrons. The Morgan fingerprint density at radius 2 is 1.75 bits per heavy atom. The molecule has 2 rings (SSSR count). The highest BCUT2D eigenvalue weighted by molar-refractivity contribution is 6.30. The van der Waals surface area contributed by atoms with Gasteiger partial charge in [0.25, 0.3) is 0 Å². The predicted molar refractivity (Wildman–Crippen MR) is 107 cm³/mol. The van der Waals surface area contributed by atoms with Gasteiger partial charge in [0.15, 0.2) is 0 Å². The minimum Gasteiger partial charge on any atom is -0.489 e. The van der Waals surface area contributed by atoms with Crippen LogP contribution in [0.5, 0.6) is 5.75 Å². The minimum absolute atomic E-state index is 0. The van der Waals surface area contributed by atoms with Gasteiger partial charge in [0.1, 0.15) is 12.4 Å². The molecule has 2 N–H and O–H groups in total. The van der Waals surface area contributed by atoms with E-state index in [2.05, 4.69) is 22.8 Å². The summed E-state index contributed by atoms with van der Waals surface area (Å²) in [7, 11) is 1.96. The molecule has 0 radical (unpaired) electrons. The molecule has 0 aliphatic rings. The molecule has 0 unspecified atom stereocenters. The van der Waals surface area contributed by atoms with Gasteiger partial charge in [-0.1, -0.05) is 41.9 Å². The molecule has 24 heavy (non-hydrogen) atoms. The maximum absolute atomic E-state index is 6.10. The van der Waals surface area contributed by atoms with Gasteiger partial charge in [-0.2, -0.15) is 0 Å². The Hall–Kier alpha value is -0.970. The van der Waals surface area contributed by atoms with Gasteiger partial charge in [0.2, 0.25) is 0 Å². The Kier molecular flexibility index (Phi) is 12.8. The molecule has 0 fully saturated rings. The van der Waals surface area contributed by atoms with Crippen molar-refractivity contribution in [1.29, 1.82) is 0 Å². The maximum Gasteiger partial charge on any atom is 0.124 e. The SMILES string of the molecule is CNCCCNCc1cc(Cl)ccc1OCc1ccccc1.Cl.Cl. The molecule has 0 amide bonds. The van der Waals surface area contributed by atoms with E-state index >= 15 is 0 Å². The van der Waals surface area contributed by atoms with E-state index in [-0.39, 0.29) is 24.8 Å². The minimum atomic E-state index is 0. The highest BCUT2D eigenvalue weighted by Gasteiger charge is 2.05. The molecule has 3 nitrogen and oxygen atoms in total. The zero-order valence-electron chi connectivity index (χ0n) is 13.8. The van der Waals surface area contributed by atoms with Crippen molar-refractivity contribution in [3.05, 3.63) is 64.7 Å². The lowest BCUT2D eigenvalue weighted by molar-refractivity contribution is 0.302. The second-order valence-corrected chi connectivity index (χ2v) is 5.60. The van der Waals surface area contributed by atoms with Crippen LogP contribution in [-0.4, -0.2) is 20.1 Å². The predicted octanol–water partition coefficient (Wildman–Crippen LogP) is 4.46. The third-order valence-electron chi connectivity index (χ3n) is 3.36. The Morgan fingerprint density at radius 3 is 2.46 bits per heavy atom. The lowest BCUT2D eigenvalue weighted by atomic mass is 10.2. The zero-order valence-corrected chi connectivity index (χ0v) is 16.1. The smallest absolute Gasteiger partial charge is 0.124 e. The molecule has 2 aromatic rings. The van der Waals surface area contributed by atoms with E-state index in [1.54, 1.807) is 0 Å². The highest BCUT2D eigenvalue weighted by Crippen LogP contribution is 2.23. The van der Waals surface area contributed by atoms with Gasteiger partial charge >= 0.3 is 0 Å². The first-order valence-electron chi connectivity index (χ1n) is 7.60. The number of hydrogen-bond donors (Lipinski definition) is 2. The summed E-state index contributed by atoms with van der Waals surface area (Å²) in [4.78, 5) is 0. The summed E-state index contributed by atoms with van der Waals surface area (Å²) in [6.07, 6.45) is 1.09. The Morgan fingerprint density at radius 1 is 1.00 bits per heavy atom. The zero-order chi connectivity index (χ0) is 15.6. The van der Waals surface area contributed by atoms with E-state index in [0.29, 0.717) is 6.61 Å². The lowest BCUT2D eigenvalue weighted by Gasteiger charge is -2.13. The molecule has 0 saturated heterocycles. The van der Waals surface area contributed by atoms with Crippen molar-refractivity contribution in [2.75, 3.05) is 20.1 Å². The van der Waals surface area contributed by atoms with E-state index in [9.17, 15) is 0 Å². The molecule has 0 aliphatic heterocycles. The van der Waals surface area contributed by atoms with Crippen molar-refractivity contribution in [3.8, 4) is 5.75 Å².